The lowest BCUT2D eigenvalue weighted by Gasteiger charge is -2.14. The van der Waals surface area contributed by atoms with Gasteiger partial charge < -0.3 is 0 Å². The second-order valence-corrected chi connectivity index (χ2v) is 6.85. The second kappa shape index (κ2) is 5.44. The molecule has 0 radical (unpaired) electrons. The van der Waals surface area contributed by atoms with Gasteiger partial charge in [-0.3, -0.25) is 5.10 Å². The Labute approximate surface area is 120 Å². The summed E-state index contributed by atoms with van der Waals surface area (Å²) in [7, 11) is -3.56. The molecular weight excluding hydrogens is 330 g/mol. The van der Waals surface area contributed by atoms with Gasteiger partial charge in [-0.05, 0) is 31.5 Å². The highest BCUT2D eigenvalue weighted by molar-refractivity contribution is 9.10. The number of aromatic nitrogens is 2. The number of sulfonamides is 1. The summed E-state index contributed by atoms with van der Waals surface area (Å²) < 4.78 is 28.0. The van der Waals surface area contributed by atoms with Gasteiger partial charge in [-0.2, -0.15) is 5.10 Å². The van der Waals surface area contributed by atoms with Gasteiger partial charge in [-0.15, -0.1) is 0 Å². The van der Waals surface area contributed by atoms with Gasteiger partial charge >= 0.3 is 0 Å². The molecule has 7 heteroatoms. The lowest BCUT2D eigenvalue weighted by molar-refractivity contribution is 0.566. The number of H-pyrrole nitrogens is 1. The normalized spacial score (nSPS) is 13.4. The molecule has 2 aromatic rings. The van der Waals surface area contributed by atoms with Crippen LogP contribution < -0.4 is 4.72 Å². The number of rotatable bonds is 4. The van der Waals surface area contributed by atoms with E-state index in [0.29, 0.717) is 5.69 Å². The molecule has 5 nitrogen and oxygen atoms in total. The number of aryl methyl sites for hydroxylation is 1. The number of hydrogen-bond donors (Lipinski definition) is 2. The van der Waals surface area contributed by atoms with Crippen molar-refractivity contribution in [3.63, 3.8) is 0 Å². The van der Waals surface area contributed by atoms with Crippen LogP contribution in [0.25, 0.3) is 0 Å². The molecule has 102 valence electrons. The number of nitrogens with zero attached hydrogens (tertiary/aromatic N) is 1. The van der Waals surface area contributed by atoms with Gasteiger partial charge in [0.25, 0.3) is 0 Å². The SMILES string of the molecule is Cc1[nH]ncc1S(=O)(=O)N[C@H](C)c1ccc(Br)cc1. The van der Waals surface area contributed by atoms with E-state index in [1.807, 2.05) is 24.3 Å². The van der Waals surface area contributed by atoms with Crippen LogP contribution in [-0.2, 0) is 10.0 Å². The van der Waals surface area contributed by atoms with Gasteiger partial charge in [0, 0.05) is 10.5 Å². The van der Waals surface area contributed by atoms with Crippen molar-refractivity contribution in [2.75, 3.05) is 0 Å². The van der Waals surface area contributed by atoms with E-state index in [1.54, 1.807) is 13.8 Å². The van der Waals surface area contributed by atoms with Crippen LogP contribution in [0, 0.1) is 6.92 Å². The van der Waals surface area contributed by atoms with Gasteiger partial charge in [0.2, 0.25) is 10.0 Å². The Morgan fingerprint density at radius 1 is 1.32 bits per heavy atom. The van der Waals surface area contributed by atoms with Crippen LogP contribution in [-0.4, -0.2) is 18.6 Å². The lowest BCUT2D eigenvalue weighted by atomic mass is 10.1. The summed E-state index contributed by atoms with van der Waals surface area (Å²) in [5.74, 6) is 0. The predicted molar refractivity (Wildman–Crippen MR) is 76.2 cm³/mol. The quantitative estimate of drug-likeness (QED) is 0.895. The first-order valence-corrected chi connectivity index (χ1v) is 7.95. The second-order valence-electron chi connectivity index (χ2n) is 4.25. The topological polar surface area (TPSA) is 74.8 Å². The summed E-state index contributed by atoms with van der Waals surface area (Å²) in [6.07, 6.45) is 1.31. The monoisotopic (exact) mass is 343 g/mol. The van der Waals surface area contributed by atoms with Crippen LogP contribution >= 0.6 is 15.9 Å². The molecule has 0 spiro atoms. The van der Waals surface area contributed by atoms with Gasteiger partial charge in [-0.1, -0.05) is 28.1 Å². The number of nitrogens with one attached hydrogen (secondary N) is 2. The molecule has 1 aromatic carbocycles. The fraction of sp³-hybridized carbons (Fsp3) is 0.250. The van der Waals surface area contributed by atoms with Crippen LogP contribution in [0.3, 0.4) is 0 Å². The first-order chi connectivity index (χ1) is 8.90. The van der Waals surface area contributed by atoms with Crippen LogP contribution in [0.2, 0.25) is 0 Å². The smallest absolute Gasteiger partial charge is 0.244 e. The summed E-state index contributed by atoms with van der Waals surface area (Å²) in [4.78, 5) is 0.177. The van der Waals surface area contributed by atoms with Crippen molar-refractivity contribution < 1.29 is 8.42 Å². The third kappa shape index (κ3) is 3.23. The number of aromatic amines is 1. The molecule has 1 heterocycles. The molecule has 0 fully saturated rings. The molecule has 2 N–H and O–H groups in total. The van der Waals surface area contributed by atoms with E-state index in [0.717, 1.165) is 10.0 Å². The van der Waals surface area contributed by atoms with Crippen molar-refractivity contribution in [3.8, 4) is 0 Å². The standard InChI is InChI=1S/C12H14BrN3O2S/c1-8(10-3-5-11(13)6-4-10)16-19(17,18)12-7-14-15-9(12)2/h3-8,16H,1-2H3,(H,14,15)/t8-/m1/s1. The van der Waals surface area contributed by atoms with Crippen molar-refractivity contribution in [3.05, 3.63) is 46.2 Å². The van der Waals surface area contributed by atoms with Gasteiger partial charge in [0.15, 0.2) is 0 Å². The van der Waals surface area contributed by atoms with E-state index in [2.05, 4.69) is 30.8 Å². The average molecular weight is 344 g/mol. The van der Waals surface area contributed by atoms with Crippen LogP contribution in [0.1, 0.15) is 24.2 Å². The maximum atomic E-state index is 12.2. The molecule has 0 aliphatic carbocycles. The molecule has 2 rings (SSSR count). The van der Waals surface area contributed by atoms with Gasteiger partial charge in [0.05, 0.1) is 11.9 Å². The van der Waals surface area contributed by atoms with E-state index in [9.17, 15) is 8.42 Å². The zero-order valence-electron chi connectivity index (χ0n) is 10.5. The highest BCUT2D eigenvalue weighted by atomic mass is 79.9. The molecule has 0 amide bonds. The van der Waals surface area contributed by atoms with Crippen molar-refractivity contribution in [1.29, 1.82) is 0 Å². The van der Waals surface area contributed by atoms with E-state index < -0.39 is 10.0 Å². The van der Waals surface area contributed by atoms with Crippen LogP contribution in [0.5, 0.6) is 0 Å². The Kier molecular flexibility index (Phi) is 4.07. The summed E-state index contributed by atoms with van der Waals surface area (Å²) >= 11 is 3.35. The molecular formula is C12H14BrN3O2S. The number of halogens is 1. The maximum Gasteiger partial charge on any atom is 0.244 e. The van der Waals surface area contributed by atoms with Crippen LogP contribution in [0.15, 0.2) is 39.8 Å². The first-order valence-electron chi connectivity index (χ1n) is 5.68. The molecule has 0 unspecified atom stereocenters. The predicted octanol–water partition coefficient (Wildman–Crippen LogP) is 2.52. The maximum absolute atomic E-state index is 12.2. The highest BCUT2D eigenvalue weighted by Crippen LogP contribution is 2.19. The van der Waals surface area contributed by atoms with Crippen molar-refractivity contribution in [2.45, 2.75) is 24.8 Å². The summed E-state index contributed by atoms with van der Waals surface area (Å²) in [5, 5.41) is 6.35. The Hall–Kier alpha value is -1.18. The summed E-state index contributed by atoms with van der Waals surface area (Å²) in [6, 6.07) is 7.19. The number of benzene rings is 1. The minimum Gasteiger partial charge on any atom is -0.281 e. The van der Waals surface area contributed by atoms with Crippen LogP contribution in [0.4, 0.5) is 0 Å². The third-order valence-corrected chi connectivity index (χ3v) is 4.96. The third-order valence-electron chi connectivity index (χ3n) is 2.78. The van der Waals surface area contributed by atoms with Crippen molar-refractivity contribution in [1.82, 2.24) is 14.9 Å². The Morgan fingerprint density at radius 3 is 2.47 bits per heavy atom. The minimum atomic E-state index is -3.56. The van der Waals surface area contributed by atoms with E-state index in [4.69, 9.17) is 0 Å². The molecule has 19 heavy (non-hydrogen) atoms. The Morgan fingerprint density at radius 2 is 1.95 bits per heavy atom. The largest absolute Gasteiger partial charge is 0.281 e. The number of hydrogen-bond acceptors (Lipinski definition) is 3. The fourth-order valence-corrected chi connectivity index (χ4v) is 3.36. The molecule has 0 saturated heterocycles. The molecule has 1 aromatic heterocycles. The first kappa shape index (κ1) is 14.2. The summed E-state index contributed by atoms with van der Waals surface area (Å²) in [5.41, 5.74) is 1.42. The Bertz CT molecular complexity index is 665. The summed E-state index contributed by atoms with van der Waals surface area (Å²) in [6.45, 7) is 3.47. The van der Waals surface area contributed by atoms with Gasteiger partial charge in [0.1, 0.15) is 4.90 Å². The zero-order chi connectivity index (χ0) is 14.0. The van der Waals surface area contributed by atoms with Crippen molar-refractivity contribution >= 4 is 26.0 Å². The van der Waals surface area contributed by atoms with E-state index >= 15 is 0 Å². The molecule has 0 bridgehead atoms. The van der Waals surface area contributed by atoms with E-state index in [-0.39, 0.29) is 10.9 Å². The molecule has 0 aliphatic heterocycles. The highest BCUT2D eigenvalue weighted by Gasteiger charge is 2.21. The average Bonchev–Trinajstić information content (AvgIpc) is 2.76. The minimum absolute atomic E-state index is 0.177. The lowest BCUT2D eigenvalue weighted by Crippen LogP contribution is -2.27. The molecule has 1 atom stereocenters. The van der Waals surface area contributed by atoms with Crippen molar-refractivity contribution in [2.24, 2.45) is 0 Å². The fourth-order valence-electron chi connectivity index (χ4n) is 1.73. The van der Waals surface area contributed by atoms with E-state index in [1.165, 1.54) is 6.20 Å². The zero-order valence-corrected chi connectivity index (χ0v) is 12.9. The molecule has 0 saturated carbocycles. The Balaban J connectivity index is 2.21. The van der Waals surface area contributed by atoms with Gasteiger partial charge in [-0.25, -0.2) is 13.1 Å². The molecule has 0 aliphatic rings.